The van der Waals surface area contributed by atoms with Gasteiger partial charge in [0, 0.05) is 11.5 Å². The van der Waals surface area contributed by atoms with Crippen LogP contribution in [0.1, 0.15) is 110 Å². The SMILES string of the molecule is CCCCCCCCCCCCCCCCCCOc1cccc2c(O)ccc(N=Nc3ccc([N+](=O)[O-])cc3[N+](=O)[O-])c12. The lowest BCUT2D eigenvalue weighted by Crippen LogP contribution is -1.98. The first-order valence-corrected chi connectivity index (χ1v) is 16.1. The van der Waals surface area contributed by atoms with Crippen molar-refractivity contribution in [3.05, 3.63) is 68.8 Å². The number of rotatable bonds is 22. The fourth-order valence-electron chi connectivity index (χ4n) is 5.34. The molecule has 0 bridgehead atoms. The minimum Gasteiger partial charge on any atom is -0.507 e. The van der Waals surface area contributed by atoms with Gasteiger partial charge in [0.15, 0.2) is 5.69 Å². The maximum absolute atomic E-state index is 11.5. The average Bonchev–Trinajstić information content (AvgIpc) is 3.02. The largest absolute Gasteiger partial charge is 0.507 e. The van der Waals surface area contributed by atoms with Crippen LogP contribution in [0.25, 0.3) is 10.8 Å². The highest BCUT2D eigenvalue weighted by atomic mass is 16.6. The number of hydrogen-bond acceptors (Lipinski definition) is 8. The van der Waals surface area contributed by atoms with Crippen LogP contribution in [0.5, 0.6) is 11.5 Å². The van der Waals surface area contributed by atoms with Crippen LogP contribution < -0.4 is 4.74 Å². The number of nitro groups is 2. The van der Waals surface area contributed by atoms with Crippen molar-refractivity contribution < 1.29 is 19.7 Å². The molecule has 0 saturated carbocycles. The van der Waals surface area contributed by atoms with E-state index in [0.717, 1.165) is 25.0 Å². The second kappa shape index (κ2) is 19.2. The topological polar surface area (TPSA) is 140 Å². The summed E-state index contributed by atoms with van der Waals surface area (Å²) in [5.41, 5.74) is -0.692. The molecule has 0 amide bonds. The molecule has 0 radical (unpaired) electrons. The molecular formula is C34H46N4O6. The van der Waals surface area contributed by atoms with E-state index in [-0.39, 0.29) is 11.4 Å². The third-order valence-electron chi connectivity index (χ3n) is 7.84. The molecule has 0 aliphatic heterocycles. The highest BCUT2D eigenvalue weighted by Crippen LogP contribution is 2.40. The predicted octanol–water partition coefficient (Wildman–Crippen LogP) is 11.4. The summed E-state index contributed by atoms with van der Waals surface area (Å²) in [5.74, 6) is 0.583. The molecule has 0 fully saturated rings. The monoisotopic (exact) mass is 606 g/mol. The van der Waals surface area contributed by atoms with Crippen LogP contribution >= 0.6 is 0 Å². The summed E-state index contributed by atoms with van der Waals surface area (Å²) in [5, 5.41) is 42.3. The van der Waals surface area contributed by atoms with Crippen molar-refractivity contribution >= 4 is 33.5 Å². The van der Waals surface area contributed by atoms with Gasteiger partial charge >= 0.3 is 5.69 Å². The molecule has 10 nitrogen and oxygen atoms in total. The van der Waals surface area contributed by atoms with Crippen molar-refractivity contribution in [1.82, 2.24) is 0 Å². The smallest absolute Gasteiger partial charge is 0.303 e. The summed E-state index contributed by atoms with van der Waals surface area (Å²) >= 11 is 0. The van der Waals surface area contributed by atoms with Gasteiger partial charge in [-0.25, -0.2) is 0 Å². The minimum atomic E-state index is -0.733. The van der Waals surface area contributed by atoms with Crippen LogP contribution in [0.15, 0.2) is 58.8 Å². The van der Waals surface area contributed by atoms with Crippen LogP contribution in [0.4, 0.5) is 22.7 Å². The Hall–Kier alpha value is -4.08. The van der Waals surface area contributed by atoms with Gasteiger partial charge in [-0.05, 0) is 30.7 Å². The lowest BCUT2D eigenvalue weighted by molar-refractivity contribution is -0.393. The van der Waals surface area contributed by atoms with E-state index in [1.807, 2.05) is 0 Å². The molecule has 0 heterocycles. The summed E-state index contributed by atoms with van der Waals surface area (Å²) in [4.78, 5) is 21.1. The first-order chi connectivity index (χ1) is 21.4. The van der Waals surface area contributed by atoms with Crippen LogP contribution in [0.3, 0.4) is 0 Å². The normalized spacial score (nSPS) is 11.4. The lowest BCUT2D eigenvalue weighted by atomic mass is 10.0. The van der Waals surface area contributed by atoms with Crippen LogP contribution in [-0.4, -0.2) is 21.6 Å². The van der Waals surface area contributed by atoms with Gasteiger partial charge in [0.1, 0.15) is 11.5 Å². The number of azo groups is 1. The molecule has 3 aromatic rings. The lowest BCUT2D eigenvalue weighted by Gasteiger charge is -2.12. The molecule has 0 aliphatic rings. The zero-order valence-corrected chi connectivity index (χ0v) is 25.9. The fraction of sp³-hybridized carbons (Fsp3) is 0.529. The van der Waals surface area contributed by atoms with Crippen molar-refractivity contribution in [2.45, 2.75) is 110 Å². The number of benzene rings is 3. The number of unbranched alkanes of at least 4 members (excludes halogenated alkanes) is 15. The van der Waals surface area contributed by atoms with E-state index in [1.54, 1.807) is 24.3 Å². The molecule has 44 heavy (non-hydrogen) atoms. The molecule has 0 spiro atoms. The van der Waals surface area contributed by atoms with E-state index in [1.165, 1.54) is 102 Å². The Labute approximate surface area is 259 Å². The van der Waals surface area contributed by atoms with Crippen molar-refractivity contribution in [1.29, 1.82) is 0 Å². The number of phenolic OH excluding ortho intramolecular Hbond substituents is 1. The summed E-state index contributed by atoms with van der Waals surface area (Å²) in [6.45, 7) is 2.77. The van der Waals surface area contributed by atoms with Gasteiger partial charge in [-0.1, -0.05) is 115 Å². The Balaban J connectivity index is 1.45. The van der Waals surface area contributed by atoms with Crippen molar-refractivity contribution in [3.63, 3.8) is 0 Å². The maximum Gasteiger partial charge on any atom is 0.303 e. The highest BCUT2D eigenvalue weighted by Gasteiger charge is 2.20. The van der Waals surface area contributed by atoms with Gasteiger partial charge in [0.2, 0.25) is 0 Å². The minimum absolute atomic E-state index is 0.0492. The van der Waals surface area contributed by atoms with Crippen molar-refractivity contribution in [3.8, 4) is 11.5 Å². The predicted molar refractivity (Wildman–Crippen MR) is 175 cm³/mol. The first kappa shape index (κ1) is 34.4. The van der Waals surface area contributed by atoms with Crippen LogP contribution in [0.2, 0.25) is 0 Å². The summed E-state index contributed by atoms with van der Waals surface area (Å²) in [6.07, 6.45) is 20.7. The standard InChI is InChI=1S/C34H46N4O6/c1-2-3-4-5-6-7-8-9-10-11-12-13-14-15-16-17-25-44-33-20-18-19-28-32(39)24-23-30(34(28)33)36-35-29-22-21-27(37(40)41)26-31(29)38(42)43/h18-24,26,39H,2-17,25H2,1H3. The number of ether oxygens (including phenoxy) is 1. The Bertz CT molecular complexity index is 1380. The highest BCUT2D eigenvalue weighted by molar-refractivity contribution is 6.01. The average molecular weight is 607 g/mol. The molecule has 238 valence electrons. The van der Waals surface area contributed by atoms with Crippen LogP contribution in [0, 0.1) is 20.2 Å². The van der Waals surface area contributed by atoms with Gasteiger partial charge in [-0.2, -0.15) is 0 Å². The molecule has 1 N–H and O–H groups in total. The third-order valence-corrected chi connectivity index (χ3v) is 7.84. The zero-order chi connectivity index (χ0) is 31.6. The number of nitro benzene ring substituents is 2. The Morgan fingerprint density at radius 2 is 1.23 bits per heavy atom. The second-order valence-corrected chi connectivity index (χ2v) is 11.3. The molecule has 0 aliphatic carbocycles. The van der Waals surface area contributed by atoms with Crippen molar-refractivity contribution in [2.24, 2.45) is 10.2 Å². The van der Waals surface area contributed by atoms with Crippen molar-refractivity contribution in [2.75, 3.05) is 6.61 Å². The zero-order valence-electron chi connectivity index (χ0n) is 25.9. The number of nitrogens with zero attached hydrogens (tertiary/aromatic N) is 4. The molecule has 0 atom stereocenters. The van der Waals surface area contributed by atoms with E-state index in [4.69, 9.17) is 4.74 Å². The second-order valence-electron chi connectivity index (χ2n) is 11.3. The molecule has 0 unspecified atom stereocenters. The Kier molecular flexibility index (Phi) is 15.1. The Morgan fingerprint density at radius 3 is 1.80 bits per heavy atom. The van der Waals surface area contributed by atoms with Gasteiger partial charge in [-0.3, -0.25) is 20.2 Å². The Morgan fingerprint density at radius 1 is 0.682 bits per heavy atom. The van der Waals surface area contributed by atoms with E-state index in [9.17, 15) is 25.3 Å². The van der Waals surface area contributed by atoms with Crippen LogP contribution in [-0.2, 0) is 0 Å². The fourth-order valence-corrected chi connectivity index (χ4v) is 5.34. The van der Waals surface area contributed by atoms with Gasteiger partial charge in [0.05, 0.1) is 33.6 Å². The quantitative estimate of drug-likeness (QED) is 0.0522. The number of fused-ring (bicyclic) bond motifs is 1. The third kappa shape index (κ3) is 11.2. The molecule has 3 rings (SSSR count). The van der Waals surface area contributed by atoms with E-state index < -0.39 is 21.2 Å². The summed E-state index contributed by atoms with van der Waals surface area (Å²) < 4.78 is 6.09. The van der Waals surface area contributed by atoms with E-state index in [2.05, 4.69) is 17.2 Å². The number of phenols is 1. The molecule has 3 aromatic carbocycles. The number of non-ortho nitro benzene ring substituents is 1. The number of hydrogen-bond donors (Lipinski definition) is 1. The molecular weight excluding hydrogens is 560 g/mol. The number of aromatic hydroxyl groups is 1. The van der Waals surface area contributed by atoms with Gasteiger partial charge < -0.3 is 9.84 Å². The molecule has 0 aromatic heterocycles. The van der Waals surface area contributed by atoms with Gasteiger partial charge in [-0.15, -0.1) is 10.2 Å². The van der Waals surface area contributed by atoms with Gasteiger partial charge in [0.25, 0.3) is 5.69 Å². The van der Waals surface area contributed by atoms with E-state index >= 15 is 0 Å². The first-order valence-electron chi connectivity index (χ1n) is 16.1. The summed E-state index contributed by atoms with van der Waals surface area (Å²) in [6, 6.07) is 11.5. The molecule has 0 saturated heterocycles. The molecule has 10 heteroatoms. The summed E-state index contributed by atoms with van der Waals surface area (Å²) in [7, 11) is 0. The maximum atomic E-state index is 11.5. The van der Waals surface area contributed by atoms with E-state index in [0.29, 0.717) is 28.8 Å².